The second kappa shape index (κ2) is 5.42. The highest BCUT2D eigenvalue weighted by Crippen LogP contribution is 2.18. The highest BCUT2D eigenvalue weighted by molar-refractivity contribution is 7.16. The molecular formula is C12H10N2O3S. The number of carboxylic acid groups (broad SMARTS) is 1. The fourth-order valence-corrected chi connectivity index (χ4v) is 2.13. The van der Waals surface area contributed by atoms with E-state index in [0.29, 0.717) is 5.56 Å². The van der Waals surface area contributed by atoms with Crippen molar-refractivity contribution in [1.29, 1.82) is 0 Å². The Kier molecular flexibility index (Phi) is 3.69. The van der Waals surface area contributed by atoms with Gasteiger partial charge in [0.05, 0.1) is 15.7 Å². The van der Waals surface area contributed by atoms with Crippen molar-refractivity contribution in [3.8, 4) is 0 Å². The van der Waals surface area contributed by atoms with Crippen molar-refractivity contribution in [1.82, 2.24) is 10.3 Å². The van der Waals surface area contributed by atoms with Crippen molar-refractivity contribution in [2.75, 3.05) is 6.54 Å². The van der Waals surface area contributed by atoms with E-state index >= 15 is 0 Å². The molecule has 0 saturated carbocycles. The number of aromatic nitrogens is 1. The molecule has 92 valence electrons. The van der Waals surface area contributed by atoms with Crippen LogP contribution in [0.4, 0.5) is 0 Å². The first kappa shape index (κ1) is 12.3. The molecule has 0 saturated heterocycles. The molecule has 2 aromatic rings. The summed E-state index contributed by atoms with van der Waals surface area (Å²) in [6, 6.07) is 5.25. The van der Waals surface area contributed by atoms with Crippen LogP contribution < -0.4 is 5.32 Å². The zero-order valence-corrected chi connectivity index (χ0v) is 10.1. The molecule has 0 aliphatic heterocycles. The molecular weight excluding hydrogens is 252 g/mol. The number of rotatable bonds is 4. The molecule has 2 N–H and O–H groups in total. The maximum absolute atomic E-state index is 11.7. The van der Waals surface area contributed by atoms with E-state index < -0.39 is 5.97 Å². The number of thiazole rings is 1. The van der Waals surface area contributed by atoms with Crippen LogP contribution in [0, 0.1) is 0 Å². The number of carboxylic acids is 1. The van der Waals surface area contributed by atoms with E-state index in [1.165, 1.54) is 17.4 Å². The van der Waals surface area contributed by atoms with E-state index in [2.05, 4.69) is 10.3 Å². The van der Waals surface area contributed by atoms with Crippen LogP contribution in [0.2, 0.25) is 0 Å². The predicted molar refractivity (Wildman–Crippen MR) is 68.7 cm³/mol. The van der Waals surface area contributed by atoms with Crippen molar-refractivity contribution in [2.24, 2.45) is 0 Å². The monoisotopic (exact) mass is 262 g/mol. The van der Waals surface area contributed by atoms with Gasteiger partial charge in [0.2, 0.25) is 0 Å². The van der Waals surface area contributed by atoms with Crippen molar-refractivity contribution in [2.45, 2.75) is 0 Å². The lowest BCUT2D eigenvalue weighted by molar-refractivity contribution is -0.131. The van der Waals surface area contributed by atoms with Gasteiger partial charge in [0.1, 0.15) is 0 Å². The third-order valence-electron chi connectivity index (χ3n) is 2.23. The lowest BCUT2D eigenvalue weighted by atomic mass is 10.2. The molecule has 1 amide bonds. The summed E-state index contributed by atoms with van der Waals surface area (Å²) >= 11 is 1.47. The van der Waals surface area contributed by atoms with Gasteiger partial charge in [-0.3, -0.25) is 4.79 Å². The Balaban J connectivity index is 2.02. The first-order valence-corrected chi connectivity index (χ1v) is 6.05. The number of benzene rings is 1. The first-order chi connectivity index (χ1) is 8.66. The molecule has 1 aromatic heterocycles. The summed E-state index contributed by atoms with van der Waals surface area (Å²) in [4.78, 5) is 26.1. The summed E-state index contributed by atoms with van der Waals surface area (Å²) in [6.45, 7) is 0.186. The van der Waals surface area contributed by atoms with Crippen molar-refractivity contribution in [3.05, 3.63) is 41.4 Å². The number of fused-ring (bicyclic) bond motifs is 1. The van der Waals surface area contributed by atoms with Gasteiger partial charge in [-0.1, -0.05) is 6.08 Å². The SMILES string of the molecule is O=C(O)/C=C/CNC(=O)c1ccc2ncsc2c1. The Morgan fingerprint density at radius 3 is 3.06 bits per heavy atom. The lowest BCUT2D eigenvalue weighted by Gasteiger charge is -2.01. The molecule has 1 aromatic carbocycles. The zero-order valence-electron chi connectivity index (χ0n) is 9.29. The Morgan fingerprint density at radius 1 is 1.44 bits per heavy atom. The largest absolute Gasteiger partial charge is 0.478 e. The van der Waals surface area contributed by atoms with Gasteiger partial charge >= 0.3 is 5.97 Å². The smallest absolute Gasteiger partial charge is 0.328 e. The fourth-order valence-electron chi connectivity index (χ4n) is 1.41. The summed E-state index contributed by atoms with van der Waals surface area (Å²) < 4.78 is 0.948. The molecule has 0 aliphatic rings. The quantitative estimate of drug-likeness (QED) is 0.821. The highest BCUT2D eigenvalue weighted by Gasteiger charge is 2.06. The van der Waals surface area contributed by atoms with Crippen molar-refractivity contribution >= 4 is 33.4 Å². The highest BCUT2D eigenvalue weighted by atomic mass is 32.1. The molecule has 5 nitrogen and oxygen atoms in total. The van der Waals surface area contributed by atoms with Crippen LogP contribution in [0.15, 0.2) is 35.9 Å². The minimum absolute atomic E-state index is 0.186. The maximum atomic E-state index is 11.7. The Labute approximate surface area is 107 Å². The predicted octanol–water partition coefficient (Wildman–Crippen LogP) is 1.67. The minimum Gasteiger partial charge on any atom is -0.478 e. The van der Waals surface area contributed by atoms with Gasteiger partial charge in [-0.05, 0) is 18.2 Å². The van der Waals surface area contributed by atoms with Crippen LogP contribution in [0.5, 0.6) is 0 Å². The summed E-state index contributed by atoms with van der Waals surface area (Å²) in [5.41, 5.74) is 3.12. The Bertz CT molecular complexity index is 619. The van der Waals surface area contributed by atoms with E-state index in [0.717, 1.165) is 16.3 Å². The molecule has 0 atom stereocenters. The summed E-state index contributed by atoms with van der Waals surface area (Å²) in [7, 11) is 0. The molecule has 0 bridgehead atoms. The molecule has 0 unspecified atom stereocenters. The molecule has 0 aliphatic carbocycles. The van der Waals surface area contributed by atoms with Crippen molar-refractivity contribution < 1.29 is 14.7 Å². The van der Waals surface area contributed by atoms with Crippen LogP contribution in [0.25, 0.3) is 10.2 Å². The minimum atomic E-state index is -1.03. The van der Waals surface area contributed by atoms with Gasteiger partial charge in [-0.25, -0.2) is 9.78 Å². The first-order valence-electron chi connectivity index (χ1n) is 5.18. The average molecular weight is 262 g/mol. The molecule has 0 radical (unpaired) electrons. The van der Waals surface area contributed by atoms with Crippen LogP contribution in [0.1, 0.15) is 10.4 Å². The molecule has 2 rings (SSSR count). The number of carbonyl (C=O) groups is 2. The van der Waals surface area contributed by atoms with E-state index in [-0.39, 0.29) is 12.5 Å². The van der Waals surface area contributed by atoms with Gasteiger partial charge < -0.3 is 10.4 Å². The standard InChI is InChI=1S/C12H10N2O3S/c15-11(16)2-1-5-13-12(17)8-3-4-9-10(6-8)18-7-14-9/h1-4,6-7H,5H2,(H,13,17)(H,15,16)/b2-1+. The number of amides is 1. The Morgan fingerprint density at radius 2 is 2.28 bits per heavy atom. The zero-order chi connectivity index (χ0) is 13.0. The molecule has 6 heteroatoms. The molecule has 0 fully saturated rings. The van der Waals surface area contributed by atoms with E-state index in [9.17, 15) is 9.59 Å². The van der Waals surface area contributed by atoms with Crippen LogP contribution in [-0.2, 0) is 4.79 Å². The van der Waals surface area contributed by atoms with Gasteiger partial charge in [0, 0.05) is 18.2 Å². The second-order valence-electron chi connectivity index (χ2n) is 3.49. The van der Waals surface area contributed by atoms with Gasteiger partial charge in [-0.2, -0.15) is 0 Å². The van der Waals surface area contributed by atoms with Crippen LogP contribution >= 0.6 is 11.3 Å². The van der Waals surface area contributed by atoms with Gasteiger partial charge in [-0.15, -0.1) is 11.3 Å². The van der Waals surface area contributed by atoms with Crippen molar-refractivity contribution in [3.63, 3.8) is 0 Å². The number of nitrogens with zero attached hydrogens (tertiary/aromatic N) is 1. The summed E-state index contributed by atoms with van der Waals surface area (Å²) in [5.74, 6) is -1.27. The number of hydrogen-bond donors (Lipinski definition) is 2. The number of nitrogens with one attached hydrogen (secondary N) is 1. The average Bonchev–Trinajstić information content (AvgIpc) is 2.81. The normalized spacial score (nSPS) is 10.9. The molecule has 18 heavy (non-hydrogen) atoms. The van der Waals surface area contributed by atoms with Crippen LogP contribution in [-0.4, -0.2) is 28.5 Å². The number of hydrogen-bond acceptors (Lipinski definition) is 4. The summed E-state index contributed by atoms with van der Waals surface area (Å²) in [6.07, 6.45) is 2.37. The van der Waals surface area contributed by atoms with E-state index in [1.807, 2.05) is 0 Å². The number of aliphatic carboxylic acids is 1. The van der Waals surface area contributed by atoms with Gasteiger partial charge in [0.25, 0.3) is 5.91 Å². The van der Waals surface area contributed by atoms with E-state index in [1.54, 1.807) is 23.7 Å². The van der Waals surface area contributed by atoms with Crippen LogP contribution in [0.3, 0.4) is 0 Å². The Hall–Kier alpha value is -2.21. The third-order valence-corrected chi connectivity index (χ3v) is 3.03. The van der Waals surface area contributed by atoms with Gasteiger partial charge in [0.15, 0.2) is 0 Å². The molecule has 0 spiro atoms. The third kappa shape index (κ3) is 2.92. The maximum Gasteiger partial charge on any atom is 0.328 e. The fraction of sp³-hybridized carbons (Fsp3) is 0.0833. The topological polar surface area (TPSA) is 79.3 Å². The van der Waals surface area contributed by atoms with E-state index in [4.69, 9.17) is 5.11 Å². The summed E-state index contributed by atoms with van der Waals surface area (Å²) in [5, 5.41) is 11.0. The lowest BCUT2D eigenvalue weighted by Crippen LogP contribution is -2.23. The molecule has 1 heterocycles. The number of carbonyl (C=O) groups excluding carboxylic acids is 1. The second-order valence-corrected chi connectivity index (χ2v) is 4.37.